The summed E-state index contributed by atoms with van der Waals surface area (Å²) in [6.45, 7) is 0.840. The third-order valence-corrected chi connectivity index (χ3v) is 2.53. The van der Waals surface area contributed by atoms with Gasteiger partial charge in [-0.1, -0.05) is 41.9 Å². The van der Waals surface area contributed by atoms with E-state index in [2.05, 4.69) is 12.1 Å². The maximum atomic E-state index is 10.7. The van der Waals surface area contributed by atoms with Gasteiger partial charge in [0, 0.05) is 18.6 Å². The Bertz CT molecular complexity index is 350. The van der Waals surface area contributed by atoms with Crippen LogP contribution in [0.1, 0.15) is 12.0 Å². The fraction of sp³-hybridized carbons (Fsp3) is 0.286. The van der Waals surface area contributed by atoms with Crippen LogP contribution in [0.4, 0.5) is 4.39 Å². The van der Waals surface area contributed by atoms with Gasteiger partial charge in [0.1, 0.15) is 0 Å². The Morgan fingerprint density at radius 2 is 1.89 bits per heavy atom. The topological polar surface area (TPSA) is 52.0 Å². The monoisotopic (exact) mass is 270 g/mol. The number of benzene rings is 1. The molecular weight excluding hydrogens is 251 g/mol. The summed E-state index contributed by atoms with van der Waals surface area (Å²) in [6.07, 6.45) is 3.63. The highest BCUT2D eigenvalue weighted by atomic mass is 35.5. The normalized spacial score (nSPS) is 11.2. The van der Waals surface area contributed by atoms with E-state index in [9.17, 15) is 4.39 Å². The average molecular weight is 271 g/mol. The summed E-state index contributed by atoms with van der Waals surface area (Å²) in [5, 5.41) is 0. The van der Waals surface area contributed by atoms with E-state index in [1.54, 1.807) is 5.54 Å². The van der Waals surface area contributed by atoms with Gasteiger partial charge in [-0.3, -0.25) is 0 Å². The molecule has 0 bridgehead atoms. The smallest absolute Gasteiger partial charge is 0.0839 e. The summed E-state index contributed by atoms with van der Waals surface area (Å²) in [7, 11) is 0. The number of aryl methyl sites for hydroxylation is 1. The Kier molecular flexibility index (Phi) is 11.5. The summed E-state index contributed by atoms with van der Waals surface area (Å²) in [6, 6.07) is 10.3. The van der Waals surface area contributed by atoms with Crippen molar-refractivity contribution < 1.29 is 4.39 Å². The summed E-state index contributed by atoms with van der Waals surface area (Å²) in [5.74, 6) is 0. The lowest BCUT2D eigenvalue weighted by Gasteiger charge is -2.02. The van der Waals surface area contributed by atoms with E-state index in [0.29, 0.717) is 12.9 Å². The standard InChI is InChI=1S/C11H14ClN.C3H6FN/c12-8-11(9-13)7-6-10-4-2-1-3-5-10;4-2-1-3-5/h1-5,8H,6-7,9,13H2;1-2H,3,5H2. The number of rotatable bonds is 5. The van der Waals surface area contributed by atoms with Crippen molar-refractivity contribution in [2.45, 2.75) is 12.8 Å². The van der Waals surface area contributed by atoms with Gasteiger partial charge in [-0.15, -0.1) is 0 Å². The van der Waals surface area contributed by atoms with Crippen LogP contribution in [0.5, 0.6) is 0 Å². The molecule has 1 aromatic rings. The lowest BCUT2D eigenvalue weighted by atomic mass is 10.1. The largest absolute Gasteiger partial charge is 0.327 e. The van der Waals surface area contributed by atoms with Gasteiger partial charge in [0.25, 0.3) is 0 Å². The van der Waals surface area contributed by atoms with Crippen molar-refractivity contribution in [1.29, 1.82) is 0 Å². The lowest BCUT2D eigenvalue weighted by molar-refractivity contribution is 0.717. The first-order chi connectivity index (χ1) is 8.78. The summed E-state index contributed by atoms with van der Waals surface area (Å²) in [5.41, 5.74) is 14.3. The van der Waals surface area contributed by atoms with E-state index in [4.69, 9.17) is 23.1 Å². The molecule has 1 rings (SSSR count). The minimum atomic E-state index is 0.288. The minimum absolute atomic E-state index is 0.288. The van der Waals surface area contributed by atoms with Crippen LogP contribution in [0, 0.1) is 0 Å². The van der Waals surface area contributed by atoms with Gasteiger partial charge in [0.05, 0.1) is 6.33 Å². The molecular formula is C14H20ClFN2. The Hall–Kier alpha value is -1.16. The van der Waals surface area contributed by atoms with Crippen LogP contribution in [0.3, 0.4) is 0 Å². The van der Waals surface area contributed by atoms with E-state index < -0.39 is 0 Å². The SMILES string of the molecule is NCC(=CCl)CCc1ccccc1.NCC=CF. The van der Waals surface area contributed by atoms with Crippen LogP contribution in [0.2, 0.25) is 0 Å². The first kappa shape index (κ1) is 16.8. The van der Waals surface area contributed by atoms with Crippen molar-refractivity contribution in [1.82, 2.24) is 0 Å². The minimum Gasteiger partial charge on any atom is -0.327 e. The second-order valence-corrected chi connectivity index (χ2v) is 3.77. The molecule has 0 heterocycles. The highest BCUT2D eigenvalue weighted by molar-refractivity contribution is 6.25. The third kappa shape index (κ3) is 8.93. The first-order valence-corrected chi connectivity index (χ1v) is 6.19. The van der Waals surface area contributed by atoms with Gasteiger partial charge in [-0.2, -0.15) is 0 Å². The molecule has 0 aliphatic heterocycles. The molecule has 0 aromatic heterocycles. The summed E-state index contributed by atoms with van der Waals surface area (Å²) >= 11 is 5.59. The Labute approximate surface area is 113 Å². The molecule has 0 saturated carbocycles. The van der Waals surface area contributed by atoms with E-state index in [0.717, 1.165) is 18.4 Å². The molecule has 2 nitrogen and oxygen atoms in total. The molecule has 0 saturated heterocycles. The maximum Gasteiger partial charge on any atom is 0.0839 e. The molecule has 4 N–H and O–H groups in total. The molecule has 0 amide bonds. The number of hydrogen-bond donors (Lipinski definition) is 2. The van der Waals surface area contributed by atoms with E-state index in [-0.39, 0.29) is 6.54 Å². The van der Waals surface area contributed by atoms with Crippen molar-refractivity contribution >= 4 is 11.6 Å². The second-order valence-electron chi connectivity index (χ2n) is 3.55. The van der Waals surface area contributed by atoms with Crippen molar-refractivity contribution in [3.8, 4) is 0 Å². The van der Waals surface area contributed by atoms with Gasteiger partial charge in [-0.25, -0.2) is 4.39 Å². The fourth-order valence-corrected chi connectivity index (χ4v) is 1.40. The van der Waals surface area contributed by atoms with Gasteiger partial charge in [-0.05, 0) is 30.1 Å². The number of nitrogens with two attached hydrogens (primary N) is 2. The van der Waals surface area contributed by atoms with Crippen LogP contribution >= 0.6 is 11.6 Å². The molecule has 0 atom stereocenters. The number of hydrogen-bond acceptors (Lipinski definition) is 2. The second kappa shape index (κ2) is 12.3. The number of halogens is 2. The van der Waals surface area contributed by atoms with E-state index >= 15 is 0 Å². The Balaban J connectivity index is 0.000000494. The predicted molar refractivity (Wildman–Crippen MR) is 77.1 cm³/mol. The Morgan fingerprint density at radius 1 is 1.22 bits per heavy atom. The van der Waals surface area contributed by atoms with E-state index in [1.807, 2.05) is 18.2 Å². The van der Waals surface area contributed by atoms with Gasteiger partial charge >= 0.3 is 0 Å². The molecule has 100 valence electrons. The van der Waals surface area contributed by atoms with Crippen molar-refractivity contribution in [2.24, 2.45) is 11.5 Å². The Morgan fingerprint density at radius 3 is 2.28 bits per heavy atom. The maximum absolute atomic E-state index is 10.7. The average Bonchev–Trinajstić information content (AvgIpc) is 2.43. The highest BCUT2D eigenvalue weighted by Gasteiger charge is 1.95. The van der Waals surface area contributed by atoms with Crippen LogP contribution in [-0.4, -0.2) is 13.1 Å². The molecule has 18 heavy (non-hydrogen) atoms. The summed E-state index contributed by atoms with van der Waals surface area (Å²) < 4.78 is 10.7. The first-order valence-electron chi connectivity index (χ1n) is 5.75. The van der Waals surface area contributed by atoms with Crippen molar-refractivity contribution in [3.63, 3.8) is 0 Å². The molecule has 4 heteroatoms. The highest BCUT2D eigenvalue weighted by Crippen LogP contribution is 2.08. The molecule has 0 unspecified atom stereocenters. The van der Waals surface area contributed by atoms with Crippen LogP contribution in [-0.2, 0) is 6.42 Å². The van der Waals surface area contributed by atoms with Crippen LogP contribution in [0.25, 0.3) is 0 Å². The van der Waals surface area contributed by atoms with Crippen molar-refractivity contribution in [3.05, 3.63) is 59.4 Å². The van der Waals surface area contributed by atoms with Crippen molar-refractivity contribution in [2.75, 3.05) is 13.1 Å². The zero-order valence-electron chi connectivity index (χ0n) is 10.4. The quantitative estimate of drug-likeness (QED) is 0.864. The zero-order chi connectivity index (χ0) is 13.6. The lowest BCUT2D eigenvalue weighted by Crippen LogP contribution is -2.03. The van der Waals surface area contributed by atoms with Crippen LogP contribution < -0.4 is 11.5 Å². The molecule has 1 aromatic carbocycles. The molecule has 0 aliphatic rings. The fourth-order valence-electron chi connectivity index (χ4n) is 1.20. The van der Waals surface area contributed by atoms with E-state index in [1.165, 1.54) is 11.6 Å². The summed E-state index contributed by atoms with van der Waals surface area (Å²) in [4.78, 5) is 0. The molecule has 0 aliphatic carbocycles. The van der Waals surface area contributed by atoms with Crippen LogP contribution in [0.15, 0.2) is 53.8 Å². The molecule has 0 fully saturated rings. The zero-order valence-corrected chi connectivity index (χ0v) is 11.1. The van der Waals surface area contributed by atoms with Gasteiger partial charge in [0.2, 0.25) is 0 Å². The van der Waals surface area contributed by atoms with Gasteiger partial charge in [0.15, 0.2) is 0 Å². The van der Waals surface area contributed by atoms with Gasteiger partial charge < -0.3 is 11.5 Å². The molecule has 0 radical (unpaired) electrons. The predicted octanol–water partition coefficient (Wildman–Crippen LogP) is 3.13. The molecule has 0 spiro atoms. The third-order valence-electron chi connectivity index (χ3n) is 2.22.